The van der Waals surface area contributed by atoms with E-state index in [9.17, 15) is 13.6 Å². The molecule has 0 aliphatic carbocycles. The average molecular weight is 212 g/mol. The second-order valence-corrected chi connectivity index (χ2v) is 2.72. The Kier molecular flexibility index (Phi) is 3.29. The van der Waals surface area contributed by atoms with Crippen molar-refractivity contribution in [2.45, 2.75) is 12.8 Å². The molecule has 0 aliphatic heterocycles. The van der Waals surface area contributed by atoms with E-state index < -0.39 is 30.1 Å². The lowest BCUT2D eigenvalue weighted by Gasteiger charge is -2.07. The van der Waals surface area contributed by atoms with E-state index in [1.54, 1.807) is 0 Å². The zero-order chi connectivity index (χ0) is 11.4. The Morgan fingerprint density at radius 3 is 2.80 bits per heavy atom. The molecule has 0 aromatic carbocycles. The van der Waals surface area contributed by atoms with Crippen molar-refractivity contribution in [3.63, 3.8) is 0 Å². The van der Waals surface area contributed by atoms with Gasteiger partial charge in [-0.2, -0.15) is 5.26 Å². The molecule has 0 aliphatic rings. The number of carboxylic acids is 1. The molecule has 0 fully saturated rings. The van der Waals surface area contributed by atoms with Crippen LogP contribution in [-0.4, -0.2) is 16.1 Å². The second-order valence-electron chi connectivity index (χ2n) is 2.72. The summed E-state index contributed by atoms with van der Waals surface area (Å²) in [4.78, 5) is 13.8. The Labute approximate surface area is 83.8 Å². The number of aromatic nitrogens is 1. The largest absolute Gasteiger partial charge is 0.481 e. The molecule has 1 N–H and O–H groups in total. The molecule has 0 saturated carbocycles. The Morgan fingerprint density at radius 1 is 1.67 bits per heavy atom. The third kappa shape index (κ3) is 2.47. The predicted octanol–water partition coefficient (Wildman–Crippen LogP) is 1.52. The van der Waals surface area contributed by atoms with Gasteiger partial charge in [-0.1, -0.05) is 0 Å². The third-order valence-electron chi connectivity index (χ3n) is 1.75. The van der Waals surface area contributed by atoms with Crippen molar-refractivity contribution < 1.29 is 18.7 Å². The van der Waals surface area contributed by atoms with Crippen LogP contribution in [0.1, 0.15) is 23.2 Å². The van der Waals surface area contributed by atoms with E-state index in [-0.39, 0.29) is 5.56 Å². The van der Waals surface area contributed by atoms with Crippen LogP contribution in [0.3, 0.4) is 0 Å². The van der Waals surface area contributed by atoms with E-state index in [0.29, 0.717) is 0 Å². The molecule has 0 bridgehead atoms. The number of hydrogen-bond acceptors (Lipinski definition) is 3. The average Bonchev–Trinajstić information content (AvgIpc) is 2.15. The maximum absolute atomic E-state index is 12.5. The molecular weight excluding hydrogens is 206 g/mol. The number of carboxylic acid groups (broad SMARTS) is 1. The number of alkyl halides is 2. The van der Waals surface area contributed by atoms with Crippen LogP contribution in [0.5, 0.6) is 0 Å². The van der Waals surface area contributed by atoms with Crippen molar-refractivity contribution in [1.82, 2.24) is 4.98 Å². The minimum absolute atomic E-state index is 0.0796. The van der Waals surface area contributed by atoms with Gasteiger partial charge in [0.1, 0.15) is 11.8 Å². The highest BCUT2D eigenvalue weighted by molar-refractivity contribution is 5.71. The quantitative estimate of drug-likeness (QED) is 0.824. The van der Waals surface area contributed by atoms with Crippen molar-refractivity contribution in [3.8, 4) is 6.07 Å². The molecule has 0 unspecified atom stereocenters. The lowest BCUT2D eigenvalue weighted by Crippen LogP contribution is -2.06. The van der Waals surface area contributed by atoms with Gasteiger partial charge in [0.05, 0.1) is 12.0 Å². The van der Waals surface area contributed by atoms with Crippen LogP contribution in [0.4, 0.5) is 8.78 Å². The molecule has 0 atom stereocenters. The molecule has 1 heterocycles. The van der Waals surface area contributed by atoms with Crippen molar-refractivity contribution in [2.75, 3.05) is 0 Å². The van der Waals surface area contributed by atoms with Crippen LogP contribution in [0.15, 0.2) is 12.3 Å². The summed E-state index contributed by atoms with van der Waals surface area (Å²) in [5, 5.41) is 17.0. The summed E-state index contributed by atoms with van der Waals surface area (Å²) in [5.74, 6) is -1.23. The molecular formula is C9H6F2N2O2. The Hall–Kier alpha value is -2.03. The van der Waals surface area contributed by atoms with Gasteiger partial charge >= 0.3 is 5.97 Å². The molecule has 0 saturated heterocycles. The van der Waals surface area contributed by atoms with E-state index in [1.165, 1.54) is 12.1 Å². The van der Waals surface area contributed by atoms with Gasteiger partial charge < -0.3 is 5.11 Å². The first-order valence-corrected chi connectivity index (χ1v) is 3.94. The van der Waals surface area contributed by atoms with Gasteiger partial charge in [0.2, 0.25) is 0 Å². The molecule has 0 amide bonds. The van der Waals surface area contributed by atoms with Crippen LogP contribution in [-0.2, 0) is 11.2 Å². The van der Waals surface area contributed by atoms with Gasteiger partial charge in [-0.15, -0.1) is 0 Å². The number of halogens is 2. The summed E-state index contributed by atoms with van der Waals surface area (Å²) in [7, 11) is 0. The van der Waals surface area contributed by atoms with E-state index in [4.69, 9.17) is 10.4 Å². The van der Waals surface area contributed by atoms with Gasteiger partial charge in [0.15, 0.2) is 0 Å². The fraction of sp³-hybridized carbons (Fsp3) is 0.222. The lowest BCUT2D eigenvalue weighted by molar-refractivity contribution is -0.136. The normalized spacial score (nSPS) is 10.0. The summed E-state index contributed by atoms with van der Waals surface area (Å²) < 4.78 is 25.1. The number of rotatable bonds is 3. The number of carbonyl (C=O) groups is 1. The molecule has 0 spiro atoms. The predicted molar refractivity (Wildman–Crippen MR) is 45.2 cm³/mol. The monoisotopic (exact) mass is 212 g/mol. The topological polar surface area (TPSA) is 74.0 Å². The third-order valence-corrected chi connectivity index (χ3v) is 1.75. The zero-order valence-electron chi connectivity index (χ0n) is 7.44. The maximum atomic E-state index is 12.5. The SMILES string of the molecule is N#Cc1nccc(CC(=O)O)c1C(F)F. The first-order chi connectivity index (χ1) is 7.06. The van der Waals surface area contributed by atoms with Crippen molar-refractivity contribution in [1.29, 1.82) is 5.26 Å². The molecule has 6 heteroatoms. The first-order valence-electron chi connectivity index (χ1n) is 3.94. The Bertz CT molecular complexity index is 427. The van der Waals surface area contributed by atoms with Crippen LogP contribution >= 0.6 is 0 Å². The van der Waals surface area contributed by atoms with Crippen molar-refractivity contribution in [3.05, 3.63) is 29.1 Å². The van der Waals surface area contributed by atoms with Crippen molar-refractivity contribution >= 4 is 5.97 Å². The minimum Gasteiger partial charge on any atom is -0.481 e. The Morgan fingerprint density at radius 2 is 2.33 bits per heavy atom. The standard InChI is InChI=1S/C9H6F2N2O2/c10-9(11)8-5(3-7(14)15)1-2-13-6(8)4-12/h1-2,9H,3H2,(H,14,15). The summed E-state index contributed by atoms with van der Waals surface area (Å²) in [6.07, 6.45) is -2.30. The number of pyridine rings is 1. The van der Waals surface area contributed by atoms with Gasteiger partial charge in [0, 0.05) is 6.20 Å². The number of nitrogens with zero attached hydrogens (tertiary/aromatic N) is 2. The Balaban J connectivity index is 3.26. The van der Waals surface area contributed by atoms with E-state index in [0.717, 1.165) is 6.20 Å². The second kappa shape index (κ2) is 4.46. The fourth-order valence-corrected chi connectivity index (χ4v) is 1.16. The van der Waals surface area contributed by atoms with Gasteiger partial charge in [-0.3, -0.25) is 4.79 Å². The van der Waals surface area contributed by atoms with Crippen LogP contribution < -0.4 is 0 Å². The van der Waals surface area contributed by atoms with Crippen molar-refractivity contribution in [2.24, 2.45) is 0 Å². The highest BCUT2D eigenvalue weighted by Gasteiger charge is 2.20. The zero-order valence-corrected chi connectivity index (χ0v) is 7.44. The summed E-state index contributed by atoms with van der Waals surface area (Å²) >= 11 is 0. The lowest BCUT2D eigenvalue weighted by atomic mass is 10.0. The highest BCUT2D eigenvalue weighted by atomic mass is 19.3. The minimum atomic E-state index is -2.90. The van der Waals surface area contributed by atoms with Gasteiger partial charge in [-0.25, -0.2) is 13.8 Å². The first kappa shape index (κ1) is 11.0. The maximum Gasteiger partial charge on any atom is 0.307 e. The summed E-state index contributed by atoms with van der Waals surface area (Å²) in [6.45, 7) is 0. The molecule has 15 heavy (non-hydrogen) atoms. The van der Waals surface area contributed by atoms with E-state index >= 15 is 0 Å². The molecule has 4 nitrogen and oxygen atoms in total. The smallest absolute Gasteiger partial charge is 0.307 e. The number of hydrogen-bond donors (Lipinski definition) is 1. The van der Waals surface area contributed by atoms with E-state index in [1.807, 2.05) is 0 Å². The molecule has 1 aromatic heterocycles. The fourth-order valence-electron chi connectivity index (χ4n) is 1.16. The van der Waals surface area contributed by atoms with Crippen LogP contribution in [0.25, 0.3) is 0 Å². The molecule has 1 aromatic rings. The van der Waals surface area contributed by atoms with Gasteiger partial charge in [0.25, 0.3) is 6.43 Å². The van der Waals surface area contributed by atoms with Crippen LogP contribution in [0.2, 0.25) is 0 Å². The number of aliphatic carboxylic acids is 1. The summed E-state index contributed by atoms with van der Waals surface area (Å²) in [5.41, 5.74) is -1.10. The van der Waals surface area contributed by atoms with Gasteiger partial charge in [-0.05, 0) is 11.6 Å². The molecule has 1 rings (SSSR count). The number of nitriles is 1. The van der Waals surface area contributed by atoms with E-state index in [2.05, 4.69) is 4.98 Å². The summed E-state index contributed by atoms with van der Waals surface area (Å²) in [6, 6.07) is 2.68. The molecule has 0 radical (unpaired) electrons. The van der Waals surface area contributed by atoms with Crippen LogP contribution in [0, 0.1) is 11.3 Å². The molecule has 78 valence electrons. The highest BCUT2D eigenvalue weighted by Crippen LogP contribution is 2.25.